The summed E-state index contributed by atoms with van der Waals surface area (Å²) in [6, 6.07) is 15.9. The fraction of sp³-hybridized carbons (Fsp3) is 0.250. The van der Waals surface area contributed by atoms with Gasteiger partial charge < -0.3 is 9.26 Å². The van der Waals surface area contributed by atoms with Crippen molar-refractivity contribution in [1.29, 1.82) is 0 Å². The Hall–Kier alpha value is -4.40. The predicted octanol–water partition coefficient (Wildman–Crippen LogP) is 5.46. The Kier molecular flexibility index (Phi) is 7.25. The van der Waals surface area contributed by atoms with E-state index >= 15 is 0 Å². The second-order valence-corrected chi connectivity index (χ2v) is 8.40. The van der Waals surface area contributed by atoms with Crippen LogP contribution in [0.3, 0.4) is 0 Å². The number of nitrogens with one attached hydrogen (secondary N) is 1. The standard InChI is InChI=1S/C27H24N2O3.CO2/c1-17-26(28-27(30)31-18(2)20-6-4-3-5-7-20)25(32-29-17)15-9-19-8-13-24-22(16-19)12-14-23(24)21-10-11-21;2-1-3/h3-8,13-14,16,18,21H,10-12H2,1-2H3,(H,28,30);. The molecule has 1 fully saturated rings. The third-order valence-electron chi connectivity index (χ3n) is 5.94. The lowest BCUT2D eigenvalue weighted by Gasteiger charge is -2.13. The third-order valence-corrected chi connectivity index (χ3v) is 5.94. The molecule has 0 spiro atoms. The fourth-order valence-corrected chi connectivity index (χ4v) is 4.05. The van der Waals surface area contributed by atoms with Crippen LogP contribution in [0, 0.1) is 24.7 Å². The lowest BCUT2D eigenvalue weighted by Crippen LogP contribution is -2.16. The average Bonchev–Trinajstić information content (AvgIpc) is 3.53. The quantitative estimate of drug-likeness (QED) is 0.511. The van der Waals surface area contributed by atoms with Crippen molar-refractivity contribution in [3.05, 3.63) is 88.3 Å². The molecular weight excluding hydrogens is 444 g/mol. The Bertz CT molecular complexity index is 1350. The summed E-state index contributed by atoms with van der Waals surface area (Å²) in [4.78, 5) is 28.7. The van der Waals surface area contributed by atoms with E-state index in [0.29, 0.717) is 17.1 Å². The van der Waals surface area contributed by atoms with Crippen LogP contribution in [0.5, 0.6) is 0 Å². The Morgan fingerprint density at radius 2 is 1.89 bits per heavy atom. The lowest BCUT2D eigenvalue weighted by molar-refractivity contribution is -0.191. The zero-order valence-electron chi connectivity index (χ0n) is 19.5. The molecule has 5 rings (SSSR count). The Labute approximate surface area is 203 Å². The van der Waals surface area contributed by atoms with E-state index in [4.69, 9.17) is 18.8 Å². The summed E-state index contributed by atoms with van der Waals surface area (Å²) in [6.45, 7) is 3.58. The lowest BCUT2D eigenvalue weighted by atomic mass is 10.0. The van der Waals surface area contributed by atoms with E-state index in [2.05, 4.69) is 40.5 Å². The minimum atomic E-state index is -0.577. The van der Waals surface area contributed by atoms with Gasteiger partial charge in [-0.05, 0) is 79.3 Å². The largest absolute Gasteiger partial charge is 0.441 e. The van der Waals surface area contributed by atoms with Crippen LogP contribution in [0.1, 0.15) is 59.6 Å². The molecule has 7 nitrogen and oxygen atoms in total. The number of benzene rings is 2. The van der Waals surface area contributed by atoms with Gasteiger partial charge >= 0.3 is 12.2 Å². The first-order valence-corrected chi connectivity index (χ1v) is 11.3. The van der Waals surface area contributed by atoms with Gasteiger partial charge in [-0.1, -0.05) is 53.6 Å². The number of carbonyl (C=O) groups is 1. The van der Waals surface area contributed by atoms with Crippen molar-refractivity contribution in [3.8, 4) is 11.8 Å². The number of allylic oxidation sites excluding steroid dienone is 2. The number of hydrogen-bond donors (Lipinski definition) is 1. The van der Waals surface area contributed by atoms with Crippen molar-refractivity contribution in [2.24, 2.45) is 5.92 Å². The molecule has 1 N–H and O–H groups in total. The Morgan fingerprint density at radius 3 is 2.60 bits per heavy atom. The number of aryl methyl sites for hydroxylation is 1. The van der Waals surface area contributed by atoms with Gasteiger partial charge in [0, 0.05) is 5.56 Å². The van der Waals surface area contributed by atoms with E-state index in [1.165, 1.54) is 29.5 Å². The van der Waals surface area contributed by atoms with Gasteiger partial charge in [-0.25, -0.2) is 4.79 Å². The maximum absolute atomic E-state index is 12.4. The van der Waals surface area contributed by atoms with Crippen LogP contribution in [-0.2, 0) is 20.7 Å². The fourth-order valence-electron chi connectivity index (χ4n) is 4.05. The van der Waals surface area contributed by atoms with E-state index in [1.807, 2.05) is 43.3 Å². The van der Waals surface area contributed by atoms with Crippen LogP contribution in [0.4, 0.5) is 10.5 Å². The van der Waals surface area contributed by atoms with Crippen molar-refractivity contribution >= 4 is 23.5 Å². The highest BCUT2D eigenvalue weighted by molar-refractivity contribution is 5.87. The zero-order chi connectivity index (χ0) is 24.8. The molecule has 7 heteroatoms. The second kappa shape index (κ2) is 10.7. The number of nitrogens with zero attached hydrogens (tertiary/aromatic N) is 1. The number of fused-ring (bicyclic) bond motifs is 1. The second-order valence-electron chi connectivity index (χ2n) is 8.40. The predicted molar refractivity (Wildman–Crippen MR) is 128 cm³/mol. The molecule has 176 valence electrons. The van der Waals surface area contributed by atoms with E-state index < -0.39 is 6.09 Å². The summed E-state index contributed by atoms with van der Waals surface area (Å²) < 4.78 is 10.8. The van der Waals surface area contributed by atoms with Crippen molar-refractivity contribution in [2.75, 3.05) is 5.32 Å². The smallest absolute Gasteiger partial charge is 0.412 e. The van der Waals surface area contributed by atoms with Gasteiger partial charge in [-0.15, -0.1) is 0 Å². The number of ether oxygens (including phenoxy) is 1. The van der Waals surface area contributed by atoms with Gasteiger partial charge in [0.05, 0.1) is 0 Å². The van der Waals surface area contributed by atoms with Gasteiger partial charge in [0.1, 0.15) is 17.5 Å². The third kappa shape index (κ3) is 5.75. The van der Waals surface area contributed by atoms with Gasteiger partial charge in [0.15, 0.2) is 0 Å². The molecule has 1 amide bonds. The van der Waals surface area contributed by atoms with Crippen LogP contribution in [-0.4, -0.2) is 17.4 Å². The first-order valence-electron chi connectivity index (χ1n) is 11.3. The molecule has 2 aliphatic rings. The molecule has 3 aromatic rings. The molecule has 1 unspecified atom stereocenters. The van der Waals surface area contributed by atoms with Gasteiger partial charge in [-0.3, -0.25) is 5.32 Å². The molecule has 2 aromatic carbocycles. The van der Waals surface area contributed by atoms with Gasteiger partial charge in [0.25, 0.3) is 0 Å². The minimum Gasteiger partial charge on any atom is -0.441 e. The van der Waals surface area contributed by atoms with Crippen LogP contribution in [0.2, 0.25) is 0 Å². The Balaban J connectivity index is 0.000000917. The summed E-state index contributed by atoms with van der Waals surface area (Å²) in [5, 5.41) is 6.69. The molecular formula is C28H24N2O5. The zero-order valence-corrected chi connectivity index (χ0v) is 19.5. The molecule has 1 atom stereocenters. The highest BCUT2D eigenvalue weighted by atomic mass is 16.6. The monoisotopic (exact) mass is 468 g/mol. The number of hydrogen-bond acceptors (Lipinski definition) is 6. The number of carbonyl (C=O) groups excluding carboxylic acids is 3. The summed E-state index contributed by atoms with van der Waals surface area (Å²) >= 11 is 0. The summed E-state index contributed by atoms with van der Waals surface area (Å²) in [5.74, 6) is 7.22. The first-order chi connectivity index (χ1) is 17.0. The van der Waals surface area contributed by atoms with Crippen LogP contribution < -0.4 is 5.32 Å². The number of rotatable bonds is 4. The van der Waals surface area contributed by atoms with Crippen LogP contribution in [0.15, 0.2) is 59.1 Å². The molecule has 0 radical (unpaired) electrons. The molecule has 0 aliphatic heterocycles. The van der Waals surface area contributed by atoms with Gasteiger partial charge in [0.2, 0.25) is 5.76 Å². The van der Waals surface area contributed by atoms with E-state index in [-0.39, 0.29) is 12.3 Å². The van der Waals surface area contributed by atoms with Crippen molar-refractivity contribution in [1.82, 2.24) is 5.16 Å². The highest BCUT2D eigenvalue weighted by Gasteiger charge is 2.30. The normalized spacial score (nSPS) is 14.2. The summed E-state index contributed by atoms with van der Waals surface area (Å²) in [7, 11) is 0. The number of anilines is 1. The van der Waals surface area contributed by atoms with Crippen LogP contribution in [0.25, 0.3) is 5.57 Å². The van der Waals surface area contributed by atoms with Gasteiger partial charge in [-0.2, -0.15) is 9.59 Å². The summed E-state index contributed by atoms with van der Waals surface area (Å²) in [6.07, 6.45) is 5.22. The van der Waals surface area contributed by atoms with E-state index in [0.717, 1.165) is 23.5 Å². The number of aromatic nitrogens is 1. The molecule has 0 saturated heterocycles. The van der Waals surface area contributed by atoms with Crippen molar-refractivity contribution < 1.29 is 23.6 Å². The minimum absolute atomic E-state index is 0.250. The van der Waals surface area contributed by atoms with E-state index in [9.17, 15) is 4.79 Å². The summed E-state index contributed by atoms with van der Waals surface area (Å²) in [5.41, 5.74) is 7.00. The molecule has 35 heavy (non-hydrogen) atoms. The first kappa shape index (κ1) is 23.7. The average molecular weight is 469 g/mol. The van der Waals surface area contributed by atoms with Crippen molar-refractivity contribution in [2.45, 2.75) is 39.2 Å². The molecule has 1 heterocycles. The van der Waals surface area contributed by atoms with Crippen molar-refractivity contribution in [3.63, 3.8) is 0 Å². The molecule has 1 saturated carbocycles. The van der Waals surface area contributed by atoms with E-state index in [1.54, 1.807) is 6.92 Å². The SMILES string of the molecule is Cc1noc(C#Cc2ccc3c(c2)CC=C3C2CC2)c1NC(=O)OC(C)c1ccccc1.O=C=O. The maximum atomic E-state index is 12.4. The topological polar surface area (TPSA) is 98.5 Å². The molecule has 2 aliphatic carbocycles. The highest BCUT2D eigenvalue weighted by Crippen LogP contribution is 2.45. The Morgan fingerprint density at radius 1 is 1.14 bits per heavy atom. The van der Waals surface area contributed by atoms with Crippen LogP contribution >= 0.6 is 0 Å². The maximum Gasteiger partial charge on any atom is 0.412 e. The molecule has 0 bridgehead atoms. The number of amides is 1. The molecule has 1 aromatic heterocycles.